The molecule has 0 spiro atoms. The van der Waals surface area contributed by atoms with Gasteiger partial charge in [0.25, 0.3) is 0 Å². The van der Waals surface area contributed by atoms with E-state index < -0.39 is 0 Å². The van der Waals surface area contributed by atoms with Crippen LogP contribution in [0.5, 0.6) is 0 Å². The van der Waals surface area contributed by atoms with Crippen LogP contribution in [-0.2, 0) is 19.2 Å². The van der Waals surface area contributed by atoms with Crippen LogP contribution < -0.4 is 0 Å². The Labute approximate surface area is 122 Å². The Kier molecular flexibility index (Phi) is 19.7. The van der Waals surface area contributed by atoms with E-state index in [0.29, 0.717) is 13.1 Å². The van der Waals surface area contributed by atoms with E-state index >= 15 is 0 Å². The summed E-state index contributed by atoms with van der Waals surface area (Å²) in [5.41, 5.74) is 0. The Morgan fingerprint density at radius 2 is 1.19 bits per heavy atom. The molecule has 0 aliphatic carbocycles. The fraction of sp³-hybridized carbons (Fsp3) is 0.692. The number of carbonyl (C=O) groups excluding carboxylic acids is 4. The van der Waals surface area contributed by atoms with Gasteiger partial charge in [-0.25, -0.2) is 39.1 Å². The Hall–Kier alpha value is -2.48. The normalized spacial score (nSPS) is 9.38. The Morgan fingerprint density at radius 1 is 0.714 bits per heavy atom. The Bertz CT molecular complexity index is 419. The van der Waals surface area contributed by atoms with Gasteiger partial charge in [-0.15, -0.1) is 0 Å². The van der Waals surface area contributed by atoms with Crippen molar-refractivity contribution < 1.29 is 19.2 Å². The van der Waals surface area contributed by atoms with Gasteiger partial charge in [0.15, 0.2) is 0 Å². The predicted molar refractivity (Wildman–Crippen MR) is 75.0 cm³/mol. The van der Waals surface area contributed by atoms with Crippen molar-refractivity contribution in [3.8, 4) is 0 Å². The minimum absolute atomic E-state index is 0.207. The molecule has 0 bridgehead atoms. The minimum Gasteiger partial charge on any atom is -0.211 e. The van der Waals surface area contributed by atoms with Gasteiger partial charge >= 0.3 is 0 Å². The summed E-state index contributed by atoms with van der Waals surface area (Å²) in [4.78, 5) is 51.6. The zero-order valence-corrected chi connectivity index (χ0v) is 11.9. The zero-order valence-electron chi connectivity index (χ0n) is 11.9. The van der Waals surface area contributed by atoms with Gasteiger partial charge in [0.05, 0.1) is 25.7 Å². The molecule has 0 fully saturated rings. The van der Waals surface area contributed by atoms with Crippen LogP contribution in [0.1, 0.15) is 32.6 Å². The predicted octanol–water partition coefficient (Wildman–Crippen LogP) is 1.26. The summed E-state index contributed by atoms with van der Waals surface area (Å²) in [6.07, 6.45) is 9.50. The second-order valence-corrected chi connectivity index (χ2v) is 3.86. The van der Waals surface area contributed by atoms with Crippen molar-refractivity contribution in [1.29, 1.82) is 0 Å². The highest BCUT2D eigenvalue weighted by Crippen LogP contribution is 1.99. The molecule has 8 heteroatoms. The van der Waals surface area contributed by atoms with Gasteiger partial charge in [-0.1, -0.05) is 12.8 Å². The summed E-state index contributed by atoms with van der Waals surface area (Å²) in [5, 5.41) is 0. The van der Waals surface area contributed by atoms with E-state index in [1.54, 1.807) is 6.92 Å². The number of rotatable bonds is 10. The molecule has 0 aromatic heterocycles. The highest BCUT2D eigenvalue weighted by molar-refractivity contribution is 5.35. The molecule has 8 nitrogen and oxygen atoms in total. The summed E-state index contributed by atoms with van der Waals surface area (Å²) in [7, 11) is 0. The van der Waals surface area contributed by atoms with Crippen LogP contribution in [0.2, 0.25) is 0 Å². The van der Waals surface area contributed by atoms with Crippen LogP contribution >= 0.6 is 0 Å². The molecular weight excluding hydrogens is 276 g/mol. The molecule has 0 aliphatic rings. The number of hydrogen-bond donors (Lipinski definition) is 0. The largest absolute Gasteiger partial charge is 0.235 e. The number of aliphatic imine (C=N–C) groups is 4. The quantitative estimate of drug-likeness (QED) is 0.342. The van der Waals surface area contributed by atoms with Gasteiger partial charge in [-0.3, -0.25) is 0 Å². The first-order chi connectivity index (χ1) is 10.2. The lowest BCUT2D eigenvalue weighted by atomic mass is 10.2. The summed E-state index contributed by atoms with van der Waals surface area (Å²) < 4.78 is 0. The van der Waals surface area contributed by atoms with Crippen molar-refractivity contribution >= 4 is 24.3 Å². The van der Waals surface area contributed by atoms with Crippen LogP contribution in [-0.4, -0.2) is 50.0 Å². The third-order valence-electron chi connectivity index (χ3n) is 2.11. The van der Waals surface area contributed by atoms with Crippen LogP contribution in [0.15, 0.2) is 20.0 Å². The van der Waals surface area contributed by atoms with E-state index in [0.717, 1.165) is 25.7 Å². The topological polar surface area (TPSA) is 118 Å². The number of unbranched alkanes of at least 4 members (excludes halogenated alkanes) is 3. The van der Waals surface area contributed by atoms with Crippen LogP contribution in [0.25, 0.3) is 0 Å². The summed E-state index contributed by atoms with van der Waals surface area (Å²) >= 11 is 0. The maximum absolute atomic E-state index is 9.63. The average Bonchev–Trinajstić information content (AvgIpc) is 2.49. The molecule has 0 aromatic rings. The SMILES string of the molecule is CC(CN=C=O)N=C=O.O=C=NCCCCCCN=C=O. The lowest BCUT2D eigenvalue weighted by molar-refractivity contribution is 0.554. The molecule has 21 heavy (non-hydrogen) atoms. The van der Waals surface area contributed by atoms with E-state index in [4.69, 9.17) is 0 Å². The van der Waals surface area contributed by atoms with Crippen molar-refractivity contribution in [2.24, 2.45) is 20.0 Å². The second-order valence-electron chi connectivity index (χ2n) is 3.86. The number of nitrogens with zero attached hydrogens (tertiary/aromatic N) is 4. The van der Waals surface area contributed by atoms with Crippen molar-refractivity contribution in [1.82, 2.24) is 0 Å². The van der Waals surface area contributed by atoms with Crippen LogP contribution in [0, 0.1) is 0 Å². The fourth-order valence-electron chi connectivity index (χ4n) is 1.13. The molecule has 0 heterocycles. The van der Waals surface area contributed by atoms with E-state index in [1.165, 1.54) is 24.3 Å². The third-order valence-corrected chi connectivity index (χ3v) is 2.11. The van der Waals surface area contributed by atoms with Crippen molar-refractivity contribution in [3.05, 3.63) is 0 Å². The summed E-state index contributed by atoms with van der Waals surface area (Å²) in [6, 6.07) is -0.260. The first-order valence-corrected chi connectivity index (χ1v) is 6.40. The Morgan fingerprint density at radius 3 is 1.57 bits per heavy atom. The van der Waals surface area contributed by atoms with Gasteiger partial charge in [-0.2, -0.15) is 0 Å². The maximum Gasteiger partial charge on any atom is 0.235 e. The number of hydrogen-bond acceptors (Lipinski definition) is 8. The van der Waals surface area contributed by atoms with E-state index in [9.17, 15) is 19.2 Å². The van der Waals surface area contributed by atoms with Crippen LogP contribution in [0.4, 0.5) is 0 Å². The molecule has 114 valence electrons. The van der Waals surface area contributed by atoms with Crippen molar-refractivity contribution in [2.75, 3.05) is 19.6 Å². The lowest BCUT2D eigenvalue weighted by Crippen LogP contribution is -2.00. The molecule has 0 radical (unpaired) electrons. The highest BCUT2D eigenvalue weighted by atomic mass is 16.1. The standard InChI is InChI=1S/C8H12N2O2.C5H6N2O2/c11-7-9-5-3-1-2-4-6-10-8-12;1-5(7-4-9)2-6-3-8/h1-6H2;5H,2H2,1H3. The Balaban J connectivity index is 0. The molecule has 0 aromatic carbocycles. The smallest absolute Gasteiger partial charge is 0.211 e. The zero-order chi connectivity index (χ0) is 16.2. The summed E-state index contributed by atoms with van der Waals surface area (Å²) in [5.74, 6) is 0. The molecule has 0 saturated carbocycles. The van der Waals surface area contributed by atoms with Crippen molar-refractivity contribution in [2.45, 2.75) is 38.6 Å². The molecule has 0 saturated heterocycles. The first-order valence-electron chi connectivity index (χ1n) is 6.40. The fourth-order valence-corrected chi connectivity index (χ4v) is 1.13. The van der Waals surface area contributed by atoms with Crippen LogP contribution in [0.3, 0.4) is 0 Å². The molecule has 0 rings (SSSR count). The van der Waals surface area contributed by atoms with Gasteiger partial charge in [0.2, 0.25) is 24.3 Å². The molecule has 1 unspecified atom stereocenters. The second kappa shape index (κ2) is 19.9. The first kappa shape index (κ1) is 20.8. The van der Waals surface area contributed by atoms with Crippen molar-refractivity contribution in [3.63, 3.8) is 0 Å². The van der Waals surface area contributed by atoms with E-state index in [1.807, 2.05) is 0 Å². The van der Waals surface area contributed by atoms with E-state index in [2.05, 4.69) is 20.0 Å². The van der Waals surface area contributed by atoms with Gasteiger partial charge in [0, 0.05) is 0 Å². The molecule has 0 N–H and O–H groups in total. The maximum atomic E-state index is 9.63. The average molecular weight is 294 g/mol. The summed E-state index contributed by atoms with van der Waals surface area (Å²) in [6.45, 7) is 2.98. The highest BCUT2D eigenvalue weighted by Gasteiger charge is 1.93. The molecule has 1 atom stereocenters. The lowest BCUT2D eigenvalue weighted by Gasteiger charge is -1.93. The van der Waals surface area contributed by atoms with Gasteiger partial charge < -0.3 is 0 Å². The molecule has 0 amide bonds. The van der Waals surface area contributed by atoms with Gasteiger partial charge in [0.1, 0.15) is 0 Å². The minimum atomic E-state index is -0.260. The third kappa shape index (κ3) is 23.1. The molecule has 0 aliphatic heterocycles. The molecular formula is C13H18N4O4. The number of isocyanates is 4. The van der Waals surface area contributed by atoms with Gasteiger partial charge in [-0.05, 0) is 19.8 Å². The monoisotopic (exact) mass is 294 g/mol. The van der Waals surface area contributed by atoms with E-state index in [-0.39, 0.29) is 12.6 Å².